The second-order valence-corrected chi connectivity index (χ2v) is 6.56. The highest BCUT2D eigenvalue weighted by Crippen LogP contribution is 2.36. The summed E-state index contributed by atoms with van der Waals surface area (Å²) < 4.78 is 6.20. The Morgan fingerprint density at radius 1 is 1.24 bits per heavy atom. The maximum atomic E-state index is 6.20. The van der Waals surface area contributed by atoms with Gasteiger partial charge in [0.05, 0.1) is 0 Å². The third-order valence-electron chi connectivity index (χ3n) is 3.89. The van der Waals surface area contributed by atoms with Crippen LogP contribution in [-0.2, 0) is 6.42 Å². The fourth-order valence-corrected chi connectivity index (χ4v) is 3.82. The maximum Gasteiger partial charge on any atom is 0.133 e. The van der Waals surface area contributed by atoms with Crippen LogP contribution in [-0.4, -0.2) is 24.9 Å². The lowest BCUT2D eigenvalue weighted by atomic mass is 10.0. The van der Waals surface area contributed by atoms with Crippen molar-refractivity contribution in [3.63, 3.8) is 0 Å². The predicted octanol–water partition coefficient (Wildman–Crippen LogP) is 3.68. The molecule has 110 valence electrons. The lowest BCUT2D eigenvalue weighted by Crippen LogP contribution is -2.45. The van der Waals surface area contributed by atoms with Crippen LogP contribution in [0, 0.1) is 6.92 Å². The molecular weight excluding hydrogens is 278 g/mol. The lowest BCUT2D eigenvalue weighted by molar-refractivity contribution is 0.169. The number of aryl methyl sites for hydroxylation is 1. The third-order valence-corrected chi connectivity index (χ3v) is 5.03. The predicted molar refractivity (Wildman–Crippen MR) is 89.3 cm³/mol. The van der Waals surface area contributed by atoms with E-state index < -0.39 is 0 Å². The highest BCUT2D eigenvalue weighted by atomic mass is 32.2. The van der Waals surface area contributed by atoms with Gasteiger partial charge in [0.2, 0.25) is 0 Å². The maximum absolute atomic E-state index is 6.20. The first-order valence-electron chi connectivity index (χ1n) is 7.37. The molecule has 1 heterocycles. The quantitative estimate of drug-likeness (QED) is 0.930. The van der Waals surface area contributed by atoms with Gasteiger partial charge in [-0.2, -0.15) is 0 Å². The Labute approximate surface area is 130 Å². The van der Waals surface area contributed by atoms with E-state index in [2.05, 4.69) is 54.7 Å². The Morgan fingerprint density at radius 3 is 2.90 bits per heavy atom. The highest BCUT2D eigenvalue weighted by molar-refractivity contribution is 7.99. The zero-order valence-electron chi connectivity index (χ0n) is 12.5. The summed E-state index contributed by atoms with van der Waals surface area (Å²) in [7, 11) is 2.02. The van der Waals surface area contributed by atoms with Crippen LogP contribution in [0.3, 0.4) is 0 Å². The number of nitrogens with one attached hydrogen (secondary N) is 1. The standard InChI is InChI=1S/C18H21NOS/c1-13-6-5-7-14(10-13)11-15(19-2)17-12-21-18-9-4-3-8-16(18)20-17/h3-10,15,17,19H,11-12H2,1-2H3. The van der Waals surface area contributed by atoms with E-state index in [-0.39, 0.29) is 6.10 Å². The molecule has 2 nitrogen and oxygen atoms in total. The number of thioether (sulfide) groups is 1. The van der Waals surface area contributed by atoms with Gasteiger partial charge in [0.25, 0.3) is 0 Å². The number of rotatable bonds is 4. The van der Waals surface area contributed by atoms with Gasteiger partial charge in [-0.15, -0.1) is 11.8 Å². The van der Waals surface area contributed by atoms with E-state index in [1.165, 1.54) is 16.0 Å². The normalized spacial score (nSPS) is 18.7. The summed E-state index contributed by atoms with van der Waals surface area (Å²) in [4.78, 5) is 1.25. The van der Waals surface area contributed by atoms with E-state index in [1.807, 2.05) is 24.9 Å². The summed E-state index contributed by atoms with van der Waals surface area (Å²) >= 11 is 1.89. The number of likely N-dealkylation sites (N-methyl/N-ethyl adjacent to an activating group) is 1. The molecule has 0 aromatic heterocycles. The van der Waals surface area contributed by atoms with Crippen molar-refractivity contribution >= 4 is 11.8 Å². The third kappa shape index (κ3) is 3.42. The lowest BCUT2D eigenvalue weighted by Gasteiger charge is -2.31. The number of para-hydroxylation sites is 1. The van der Waals surface area contributed by atoms with Crippen LogP contribution in [0.25, 0.3) is 0 Å². The van der Waals surface area contributed by atoms with E-state index in [0.29, 0.717) is 6.04 Å². The Balaban J connectivity index is 1.73. The van der Waals surface area contributed by atoms with E-state index >= 15 is 0 Å². The first-order chi connectivity index (χ1) is 10.3. The first-order valence-corrected chi connectivity index (χ1v) is 8.36. The summed E-state index contributed by atoms with van der Waals surface area (Å²) in [5.41, 5.74) is 2.67. The minimum Gasteiger partial charge on any atom is -0.487 e. The van der Waals surface area contributed by atoms with E-state index in [9.17, 15) is 0 Å². The molecule has 1 N–H and O–H groups in total. The van der Waals surface area contributed by atoms with Crippen molar-refractivity contribution in [2.45, 2.75) is 30.4 Å². The first kappa shape index (κ1) is 14.5. The van der Waals surface area contributed by atoms with E-state index in [0.717, 1.165) is 17.9 Å². The summed E-state index contributed by atoms with van der Waals surface area (Å²) in [6.45, 7) is 2.14. The number of benzene rings is 2. The molecule has 2 atom stereocenters. The zero-order chi connectivity index (χ0) is 14.7. The van der Waals surface area contributed by atoms with Crippen LogP contribution >= 0.6 is 11.8 Å². The van der Waals surface area contributed by atoms with Crippen molar-refractivity contribution < 1.29 is 4.74 Å². The van der Waals surface area contributed by atoms with Crippen molar-refractivity contribution in [3.8, 4) is 5.75 Å². The molecule has 3 rings (SSSR count). The van der Waals surface area contributed by atoms with Crippen LogP contribution in [0.4, 0.5) is 0 Å². The average Bonchev–Trinajstić information content (AvgIpc) is 2.52. The molecule has 2 unspecified atom stereocenters. The van der Waals surface area contributed by atoms with Crippen molar-refractivity contribution in [1.29, 1.82) is 0 Å². The van der Waals surface area contributed by atoms with Crippen LogP contribution in [0.2, 0.25) is 0 Å². The fraction of sp³-hybridized carbons (Fsp3) is 0.333. The van der Waals surface area contributed by atoms with Gasteiger partial charge in [-0.25, -0.2) is 0 Å². The smallest absolute Gasteiger partial charge is 0.133 e. The fourth-order valence-electron chi connectivity index (χ4n) is 2.75. The molecule has 0 saturated heterocycles. The van der Waals surface area contributed by atoms with Crippen molar-refractivity contribution in [2.24, 2.45) is 0 Å². The molecule has 0 aliphatic carbocycles. The number of hydrogen-bond donors (Lipinski definition) is 1. The van der Waals surface area contributed by atoms with Crippen LogP contribution in [0.5, 0.6) is 5.75 Å². The molecule has 0 amide bonds. The van der Waals surface area contributed by atoms with E-state index in [1.54, 1.807) is 0 Å². The van der Waals surface area contributed by atoms with Crippen LogP contribution in [0.15, 0.2) is 53.4 Å². The van der Waals surface area contributed by atoms with Gasteiger partial charge in [0.15, 0.2) is 0 Å². The monoisotopic (exact) mass is 299 g/mol. The van der Waals surface area contributed by atoms with Gasteiger partial charge in [0, 0.05) is 16.7 Å². The van der Waals surface area contributed by atoms with Gasteiger partial charge < -0.3 is 10.1 Å². The molecule has 1 aliphatic rings. The second-order valence-electron chi connectivity index (χ2n) is 5.50. The Morgan fingerprint density at radius 2 is 2.10 bits per heavy atom. The minimum absolute atomic E-state index is 0.204. The summed E-state index contributed by atoms with van der Waals surface area (Å²) in [5.74, 6) is 2.01. The van der Waals surface area contributed by atoms with Gasteiger partial charge in [-0.1, -0.05) is 42.0 Å². The number of hydrogen-bond acceptors (Lipinski definition) is 3. The second kappa shape index (κ2) is 6.54. The SMILES string of the molecule is CNC(Cc1cccc(C)c1)C1CSc2ccccc2O1. The average molecular weight is 299 g/mol. The highest BCUT2D eigenvalue weighted by Gasteiger charge is 2.27. The van der Waals surface area contributed by atoms with Crippen molar-refractivity contribution in [2.75, 3.05) is 12.8 Å². The molecule has 3 heteroatoms. The topological polar surface area (TPSA) is 21.3 Å². The zero-order valence-corrected chi connectivity index (χ0v) is 13.3. The molecule has 0 saturated carbocycles. The number of ether oxygens (including phenoxy) is 1. The molecule has 2 aromatic carbocycles. The van der Waals surface area contributed by atoms with Gasteiger partial charge >= 0.3 is 0 Å². The molecular formula is C18H21NOS. The minimum atomic E-state index is 0.204. The van der Waals surface area contributed by atoms with Crippen LogP contribution < -0.4 is 10.1 Å². The molecule has 0 fully saturated rings. The van der Waals surface area contributed by atoms with Crippen molar-refractivity contribution in [3.05, 3.63) is 59.7 Å². The Bertz CT molecular complexity index is 614. The Hall–Kier alpha value is -1.45. The van der Waals surface area contributed by atoms with E-state index in [4.69, 9.17) is 4.74 Å². The van der Waals surface area contributed by atoms with Gasteiger partial charge in [0.1, 0.15) is 11.9 Å². The van der Waals surface area contributed by atoms with Crippen molar-refractivity contribution in [1.82, 2.24) is 5.32 Å². The molecule has 1 aliphatic heterocycles. The summed E-state index contributed by atoms with van der Waals surface area (Å²) in [5, 5.41) is 3.43. The summed E-state index contributed by atoms with van der Waals surface area (Å²) in [6.07, 6.45) is 1.20. The molecule has 0 spiro atoms. The van der Waals surface area contributed by atoms with Gasteiger partial charge in [-0.3, -0.25) is 0 Å². The molecule has 0 bridgehead atoms. The number of fused-ring (bicyclic) bond motifs is 1. The summed E-state index contributed by atoms with van der Waals surface area (Å²) in [6, 6.07) is 17.3. The van der Waals surface area contributed by atoms with Gasteiger partial charge in [-0.05, 0) is 38.1 Å². The van der Waals surface area contributed by atoms with Crippen LogP contribution in [0.1, 0.15) is 11.1 Å². The molecule has 0 radical (unpaired) electrons. The largest absolute Gasteiger partial charge is 0.487 e. The molecule has 2 aromatic rings. The Kier molecular flexibility index (Phi) is 4.51. The molecule has 21 heavy (non-hydrogen) atoms.